The second kappa shape index (κ2) is 6.32. The van der Waals surface area contributed by atoms with Crippen LogP contribution in [0.4, 0.5) is 11.5 Å². The molecule has 4 aromatic rings. The first-order valence-corrected chi connectivity index (χ1v) is 8.20. The number of fused-ring (bicyclic) bond motifs is 1. The molecule has 0 aliphatic heterocycles. The number of hydrogen-bond acceptors (Lipinski definition) is 4. The molecule has 0 amide bonds. The van der Waals surface area contributed by atoms with Crippen LogP contribution in [0.5, 0.6) is 0 Å². The van der Waals surface area contributed by atoms with Crippen LogP contribution in [0.25, 0.3) is 22.0 Å². The number of nitrogens with zero attached hydrogens (tertiary/aromatic N) is 3. The van der Waals surface area contributed by atoms with E-state index in [4.69, 9.17) is 0 Å². The van der Waals surface area contributed by atoms with Gasteiger partial charge in [-0.25, -0.2) is 4.98 Å². The number of pyridine rings is 3. The van der Waals surface area contributed by atoms with Crippen molar-refractivity contribution < 1.29 is 0 Å². The van der Waals surface area contributed by atoms with Crippen LogP contribution >= 0.6 is 0 Å². The Labute approximate surface area is 146 Å². The minimum atomic E-state index is 0.811. The summed E-state index contributed by atoms with van der Waals surface area (Å²) in [5.41, 5.74) is 5.23. The van der Waals surface area contributed by atoms with E-state index in [0.29, 0.717) is 0 Å². The predicted molar refractivity (Wildman–Crippen MR) is 102 cm³/mol. The maximum Gasteiger partial charge on any atom is 0.139 e. The van der Waals surface area contributed by atoms with Gasteiger partial charge in [-0.2, -0.15) is 0 Å². The number of benzene rings is 1. The average molecular weight is 326 g/mol. The molecule has 122 valence electrons. The molecule has 0 radical (unpaired) electrons. The molecule has 0 unspecified atom stereocenters. The highest BCUT2D eigenvalue weighted by Crippen LogP contribution is 2.27. The maximum atomic E-state index is 4.63. The zero-order valence-electron chi connectivity index (χ0n) is 14.2. The number of nitrogens with one attached hydrogen (secondary N) is 1. The lowest BCUT2D eigenvalue weighted by atomic mass is 10.1. The average Bonchev–Trinajstić information content (AvgIpc) is 2.63. The highest BCUT2D eigenvalue weighted by atomic mass is 15.0. The number of anilines is 2. The molecule has 1 N–H and O–H groups in total. The van der Waals surface area contributed by atoms with Gasteiger partial charge in [-0.3, -0.25) is 9.97 Å². The maximum absolute atomic E-state index is 4.63. The molecular formula is C21H18N4. The van der Waals surface area contributed by atoms with Gasteiger partial charge >= 0.3 is 0 Å². The molecule has 0 saturated heterocycles. The molecular weight excluding hydrogens is 308 g/mol. The first-order valence-electron chi connectivity index (χ1n) is 8.20. The monoisotopic (exact) mass is 326 g/mol. The third-order valence-corrected chi connectivity index (χ3v) is 4.16. The lowest BCUT2D eigenvalue weighted by molar-refractivity contribution is 1.19. The largest absolute Gasteiger partial charge is 0.340 e. The van der Waals surface area contributed by atoms with E-state index < -0.39 is 0 Å². The highest BCUT2D eigenvalue weighted by Gasteiger charge is 2.07. The first kappa shape index (κ1) is 15.3. The van der Waals surface area contributed by atoms with E-state index >= 15 is 0 Å². The van der Waals surface area contributed by atoms with Crippen molar-refractivity contribution in [3.63, 3.8) is 0 Å². The Morgan fingerprint density at radius 3 is 2.40 bits per heavy atom. The normalized spacial score (nSPS) is 10.8. The molecule has 0 bridgehead atoms. The van der Waals surface area contributed by atoms with Gasteiger partial charge in [0.1, 0.15) is 5.82 Å². The van der Waals surface area contributed by atoms with Crippen molar-refractivity contribution in [2.75, 3.05) is 5.32 Å². The van der Waals surface area contributed by atoms with Crippen molar-refractivity contribution in [2.45, 2.75) is 13.8 Å². The van der Waals surface area contributed by atoms with Crippen LogP contribution in [0.2, 0.25) is 0 Å². The van der Waals surface area contributed by atoms with Crippen molar-refractivity contribution >= 4 is 22.3 Å². The van der Waals surface area contributed by atoms with Crippen molar-refractivity contribution in [2.24, 2.45) is 0 Å². The summed E-state index contributed by atoms with van der Waals surface area (Å²) in [4.78, 5) is 13.4. The van der Waals surface area contributed by atoms with Crippen LogP contribution < -0.4 is 5.32 Å². The number of aryl methyl sites for hydroxylation is 2. The fraction of sp³-hybridized carbons (Fsp3) is 0.0952. The Morgan fingerprint density at radius 1 is 0.800 bits per heavy atom. The van der Waals surface area contributed by atoms with Gasteiger partial charge in [-0.1, -0.05) is 17.7 Å². The van der Waals surface area contributed by atoms with Crippen LogP contribution in [0.3, 0.4) is 0 Å². The Balaban J connectivity index is 1.74. The summed E-state index contributed by atoms with van der Waals surface area (Å²) in [7, 11) is 0. The second-order valence-corrected chi connectivity index (χ2v) is 6.13. The fourth-order valence-electron chi connectivity index (χ4n) is 2.80. The zero-order chi connectivity index (χ0) is 17.2. The van der Waals surface area contributed by atoms with E-state index in [1.807, 2.05) is 43.7 Å². The van der Waals surface area contributed by atoms with Crippen LogP contribution in [-0.2, 0) is 0 Å². The minimum Gasteiger partial charge on any atom is -0.340 e. The van der Waals surface area contributed by atoms with E-state index in [1.165, 1.54) is 5.56 Å². The molecule has 4 heteroatoms. The Bertz CT molecular complexity index is 1040. The molecule has 0 aliphatic carbocycles. The lowest BCUT2D eigenvalue weighted by Crippen LogP contribution is -1.95. The summed E-state index contributed by atoms with van der Waals surface area (Å²) in [6.07, 6.45) is 5.51. The highest BCUT2D eigenvalue weighted by molar-refractivity contribution is 5.94. The van der Waals surface area contributed by atoms with Gasteiger partial charge in [0.05, 0.1) is 5.69 Å². The summed E-state index contributed by atoms with van der Waals surface area (Å²) in [6, 6.07) is 16.4. The molecule has 3 heterocycles. The molecule has 0 fully saturated rings. The molecule has 0 atom stereocenters. The minimum absolute atomic E-state index is 0.811. The van der Waals surface area contributed by atoms with E-state index in [9.17, 15) is 0 Å². The van der Waals surface area contributed by atoms with Gasteiger partial charge in [-0.05, 0) is 55.6 Å². The predicted octanol–water partition coefficient (Wildman–Crippen LogP) is 5.05. The van der Waals surface area contributed by atoms with Crippen LogP contribution in [0.1, 0.15) is 11.3 Å². The first-order chi connectivity index (χ1) is 12.2. The second-order valence-electron chi connectivity index (χ2n) is 6.13. The molecule has 0 saturated carbocycles. The molecule has 0 spiro atoms. The van der Waals surface area contributed by atoms with Gasteiger partial charge < -0.3 is 5.32 Å². The van der Waals surface area contributed by atoms with E-state index in [1.54, 1.807) is 0 Å². The van der Waals surface area contributed by atoms with Gasteiger partial charge in [0.2, 0.25) is 0 Å². The number of hydrogen-bond donors (Lipinski definition) is 1. The molecule has 4 rings (SSSR count). The third kappa shape index (κ3) is 3.19. The summed E-state index contributed by atoms with van der Waals surface area (Å²) in [5, 5.41) is 5.48. The smallest absolute Gasteiger partial charge is 0.139 e. The van der Waals surface area contributed by atoms with Crippen molar-refractivity contribution in [1.29, 1.82) is 0 Å². The van der Waals surface area contributed by atoms with Crippen LogP contribution in [-0.4, -0.2) is 15.0 Å². The Morgan fingerprint density at radius 2 is 1.60 bits per heavy atom. The Hall–Kier alpha value is -3.27. The zero-order valence-corrected chi connectivity index (χ0v) is 14.2. The van der Waals surface area contributed by atoms with Crippen molar-refractivity contribution in [1.82, 2.24) is 15.0 Å². The molecule has 3 aromatic heterocycles. The molecule has 25 heavy (non-hydrogen) atoms. The van der Waals surface area contributed by atoms with Crippen molar-refractivity contribution in [3.8, 4) is 11.3 Å². The summed E-state index contributed by atoms with van der Waals surface area (Å²) < 4.78 is 0. The summed E-state index contributed by atoms with van der Waals surface area (Å²) in [6.45, 7) is 4.06. The van der Waals surface area contributed by atoms with Crippen LogP contribution in [0, 0.1) is 13.8 Å². The van der Waals surface area contributed by atoms with Gasteiger partial charge in [0, 0.05) is 40.9 Å². The summed E-state index contributed by atoms with van der Waals surface area (Å²) in [5.74, 6) is 0.811. The number of rotatable bonds is 3. The molecule has 4 nitrogen and oxygen atoms in total. The topological polar surface area (TPSA) is 50.7 Å². The van der Waals surface area contributed by atoms with E-state index in [0.717, 1.165) is 39.2 Å². The van der Waals surface area contributed by atoms with E-state index in [2.05, 4.69) is 57.5 Å². The van der Waals surface area contributed by atoms with Crippen LogP contribution in [0.15, 0.2) is 67.1 Å². The van der Waals surface area contributed by atoms with Crippen molar-refractivity contribution in [3.05, 3.63) is 78.4 Å². The molecule has 0 aliphatic rings. The number of aromatic nitrogens is 3. The standard InChI is InChI=1S/C21H18N4/c1-14-3-5-18(6-4-14)25-21-19-13-24-20(12-16(19)7-10-23-21)17-8-9-22-15(2)11-17/h3-13H,1-2H3,(H,23,25). The quantitative estimate of drug-likeness (QED) is 0.572. The fourth-order valence-corrected chi connectivity index (χ4v) is 2.80. The Kier molecular flexibility index (Phi) is 3.86. The van der Waals surface area contributed by atoms with Gasteiger partial charge in [0.15, 0.2) is 0 Å². The van der Waals surface area contributed by atoms with E-state index in [-0.39, 0.29) is 0 Å². The SMILES string of the molecule is Cc1ccc(Nc2nccc3cc(-c4ccnc(C)c4)ncc23)cc1. The lowest BCUT2D eigenvalue weighted by Gasteiger charge is -2.10. The summed E-state index contributed by atoms with van der Waals surface area (Å²) >= 11 is 0. The third-order valence-electron chi connectivity index (χ3n) is 4.16. The van der Waals surface area contributed by atoms with Gasteiger partial charge in [-0.15, -0.1) is 0 Å². The molecule has 1 aromatic carbocycles. The van der Waals surface area contributed by atoms with Gasteiger partial charge in [0.25, 0.3) is 0 Å².